The Morgan fingerprint density at radius 3 is 2.64 bits per heavy atom. The van der Waals surface area contributed by atoms with Crippen LogP contribution in [0.15, 0.2) is 4.79 Å². The molecule has 0 fully saturated rings. The minimum absolute atomic E-state index is 0.177. The molecule has 1 aromatic rings. The first kappa shape index (κ1) is 11.2. The molecule has 0 amide bonds. The fourth-order valence-corrected chi connectivity index (χ4v) is 1.29. The molecule has 2 N–H and O–H groups in total. The van der Waals surface area contributed by atoms with E-state index in [0.29, 0.717) is 17.9 Å². The van der Waals surface area contributed by atoms with Crippen LogP contribution in [0.4, 0.5) is 0 Å². The number of hydrogen-bond acceptors (Lipinski definition) is 4. The lowest BCUT2D eigenvalue weighted by Crippen LogP contribution is -2.29. The molecule has 0 bridgehead atoms. The van der Waals surface area contributed by atoms with Crippen molar-refractivity contribution in [1.82, 2.24) is 14.8 Å². The van der Waals surface area contributed by atoms with E-state index >= 15 is 0 Å². The van der Waals surface area contributed by atoms with Gasteiger partial charge in [-0.15, -0.1) is 0 Å². The number of methoxy groups -OCH3 is 2. The van der Waals surface area contributed by atoms with Crippen LogP contribution in [-0.2, 0) is 16.0 Å². The summed E-state index contributed by atoms with van der Waals surface area (Å²) >= 11 is 4.90. The summed E-state index contributed by atoms with van der Waals surface area (Å²) < 4.78 is 11.8. The molecule has 1 atom stereocenters. The van der Waals surface area contributed by atoms with Gasteiger partial charge in [-0.05, 0) is 12.2 Å². The lowest BCUT2D eigenvalue weighted by atomic mass is 10.4. The van der Waals surface area contributed by atoms with Crippen LogP contribution >= 0.6 is 12.2 Å². The lowest BCUT2D eigenvalue weighted by molar-refractivity contribution is 0.0176. The van der Waals surface area contributed by atoms with Gasteiger partial charge in [-0.25, -0.2) is 9.89 Å². The van der Waals surface area contributed by atoms with Crippen LogP contribution in [0.3, 0.4) is 0 Å². The molecule has 1 rings (SSSR count). The average molecular weight is 219 g/mol. The van der Waals surface area contributed by atoms with Crippen molar-refractivity contribution in [3.63, 3.8) is 0 Å². The third-order valence-electron chi connectivity index (χ3n) is 1.84. The predicted octanol–water partition coefficient (Wildman–Crippen LogP) is -0.105. The standard InChI is InChI=1S/C7H13N3O3S/c1-12-4-5(13-2)3-10-6(11)8-9-7(10)14/h5H,3-4H2,1-2H3,(H,8,11)(H,9,14). The van der Waals surface area contributed by atoms with Gasteiger partial charge in [0.15, 0.2) is 4.77 Å². The van der Waals surface area contributed by atoms with Gasteiger partial charge in [-0.2, -0.15) is 0 Å². The molecular weight excluding hydrogens is 206 g/mol. The van der Waals surface area contributed by atoms with Crippen LogP contribution < -0.4 is 5.69 Å². The quantitative estimate of drug-likeness (QED) is 0.678. The van der Waals surface area contributed by atoms with Gasteiger partial charge in [0.25, 0.3) is 0 Å². The Bertz CT molecular complexity index is 353. The van der Waals surface area contributed by atoms with Crippen molar-refractivity contribution in [2.24, 2.45) is 0 Å². The summed E-state index contributed by atoms with van der Waals surface area (Å²) in [6, 6.07) is 0. The fourth-order valence-electron chi connectivity index (χ4n) is 1.08. The highest BCUT2D eigenvalue weighted by Crippen LogP contribution is 1.95. The smallest absolute Gasteiger partial charge is 0.342 e. The summed E-state index contributed by atoms with van der Waals surface area (Å²) in [6.07, 6.45) is -0.177. The number of H-pyrrole nitrogens is 2. The molecule has 1 heterocycles. The summed E-state index contributed by atoms with van der Waals surface area (Å²) in [7, 11) is 3.14. The van der Waals surface area contributed by atoms with E-state index in [4.69, 9.17) is 21.7 Å². The number of nitrogens with zero attached hydrogens (tertiary/aromatic N) is 1. The summed E-state index contributed by atoms with van der Waals surface area (Å²) in [5, 5.41) is 4.94. The monoisotopic (exact) mass is 219 g/mol. The van der Waals surface area contributed by atoms with Gasteiger partial charge in [0.2, 0.25) is 0 Å². The number of nitrogens with one attached hydrogen (secondary N) is 2. The molecular formula is C7H13N3O3S. The van der Waals surface area contributed by atoms with E-state index in [-0.39, 0.29) is 11.8 Å². The van der Waals surface area contributed by atoms with Gasteiger partial charge >= 0.3 is 5.69 Å². The van der Waals surface area contributed by atoms with Gasteiger partial charge in [0.05, 0.1) is 19.3 Å². The van der Waals surface area contributed by atoms with E-state index in [0.717, 1.165) is 0 Å². The van der Waals surface area contributed by atoms with E-state index in [1.54, 1.807) is 14.2 Å². The Morgan fingerprint density at radius 2 is 2.21 bits per heavy atom. The van der Waals surface area contributed by atoms with Crippen LogP contribution in [0.5, 0.6) is 0 Å². The zero-order valence-electron chi connectivity index (χ0n) is 8.07. The van der Waals surface area contributed by atoms with E-state index in [2.05, 4.69) is 10.2 Å². The Kier molecular flexibility index (Phi) is 4.05. The summed E-state index contributed by atoms with van der Waals surface area (Å²) in [4.78, 5) is 11.2. The fraction of sp³-hybridized carbons (Fsp3) is 0.714. The Hall–Kier alpha value is -0.920. The zero-order chi connectivity index (χ0) is 10.6. The Morgan fingerprint density at radius 1 is 1.50 bits per heavy atom. The number of rotatable bonds is 5. The second-order valence-electron chi connectivity index (χ2n) is 2.78. The van der Waals surface area contributed by atoms with E-state index in [1.807, 2.05) is 0 Å². The maximum Gasteiger partial charge on any atom is 0.342 e. The highest BCUT2D eigenvalue weighted by Gasteiger charge is 2.10. The van der Waals surface area contributed by atoms with Crippen LogP contribution in [-0.4, -0.2) is 41.7 Å². The van der Waals surface area contributed by atoms with Gasteiger partial charge in [-0.1, -0.05) is 0 Å². The lowest BCUT2D eigenvalue weighted by Gasteiger charge is -2.13. The molecule has 0 aliphatic carbocycles. The summed E-state index contributed by atoms with van der Waals surface area (Å²) in [5.41, 5.74) is -0.270. The molecule has 0 aliphatic rings. The molecule has 7 heteroatoms. The largest absolute Gasteiger partial charge is 0.382 e. The summed E-state index contributed by atoms with van der Waals surface area (Å²) in [6.45, 7) is 0.797. The molecule has 14 heavy (non-hydrogen) atoms. The van der Waals surface area contributed by atoms with Gasteiger partial charge in [-0.3, -0.25) is 9.67 Å². The van der Waals surface area contributed by atoms with E-state index in [1.165, 1.54) is 4.57 Å². The SMILES string of the molecule is COCC(Cn1c(=O)[nH][nH]c1=S)OC. The van der Waals surface area contributed by atoms with Crippen molar-refractivity contribution < 1.29 is 9.47 Å². The summed E-state index contributed by atoms with van der Waals surface area (Å²) in [5.74, 6) is 0. The van der Waals surface area contributed by atoms with Crippen LogP contribution in [0, 0.1) is 4.77 Å². The van der Waals surface area contributed by atoms with E-state index < -0.39 is 0 Å². The third kappa shape index (κ3) is 2.53. The molecule has 0 spiro atoms. The number of hydrogen-bond donors (Lipinski definition) is 2. The number of ether oxygens (including phenoxy) is 2. The molecule has 0 saturated heterocycles. The topological polar surface area (TPSA) is 72.0 Å². The number of aromatic nitrogens is 3. The van der Waals surface area contributed by atoms with Crippen molar-refractivity contribution in [1.29, 1.82) is 0 Å². The Labute approximate surface area is 85.8 Å². The predicted molar refractivity (Wildman–Crippen MR) is 52.9 cm³/mol. The molecule has 1 aromatic heterocycles. The normalized spacial score (nSPS) is 13.0. The maximum atomic E-state index is 11.2. The van der Waals surface area contributed by atoms with Crippen LogP contribution in [0.1, 0.15) is 0 Å². The first-order valence-corrected chi connectivity index (χ1v) is 4.49. The minimum Gasteiger partial charge on any atom is -0.382 e. The first-order valence-electron chi connectivity index (χ1n) is 4.08. The van der Waals surface area contributed by atoms with Crippen LogP contribution in [0.25, 0.3) is 0 Å². The molecule has 0 aliphatic heterocycles. The highest BCUT2D eigenvalue weighted by atomic mass is 32.1. The van der Waals surface area contributed by atoms with Gasteiger partial charge < -0.3 is 9.47 Å². The molecule has 80 valence electrons. The zero-order valence-corrected chi connectivity index (χ0v) is 8.89. The van der Waals surface area contributed by atoms with Crippen molar-refractivity contribution in [2.75, 3.05) is 20.8 Å². The average Bonchev–Trinajstić information content (AvgIpc) is 2.48. The van der Waals surface area contributed by atoms with Crippen molar-refractivity contribution >= 4 is 12.2 Å². The molecule has 0 radical (unpaired) electrons. The second-order valence-corrected chi connectivity index (χ2v) is 3.17. The third-order valence-corrected chi connectivity index (χ3v) is 2.16. The maximum absolute atomic E-state index is 11.2. The van der Waals surface area contributed by atoms with Gasteiger partial charge in [0.1, 0.15) is 0 Å². The van der Waals surface area contributed by atoms with Crippen molar-refractivity contribution in [3.05, 3.63) is 15.3 Å². The van der Waals surface area contributed by atoms with E-state index in [9.17, 15) is 4.79 Å². The molecule has 0 saturated carbocycles. The van der Waals surface area contributed by atoms with Gasteiger partial charge in [0, 0.05) is 14.2 Å². The Balaban J connectivity index is 2.76. The van der Waals surface area contributed by atoms with Crippen molar-refractivity contribution in [2.45, 2.75) is 12.6 Å². The minimum atomic E-state index is -0.270. The number of aromatic amines is 2. The second kappa shape index (κ2) is 5.08. The van der Waals surface area contributed by atoms with Crippen LogP contribution in [0.2, 0.25) is 0 Å². The molecule has 0 aromatic carbocycles. The molecule has 1 unspecified atom stereocenters. The van der Waals surface area contributed by atoms with Crippen molar-refractivity contribution in [3.8, 4) is 0 Å². The highest BCUT2D eigenvalue weighted by molar-refractivity contribution is 7.71. The molecule has 6 nitrogen and oxygen atoms in total. The first-order chi connectivity index (χ1) is 6.69.